The van der Waals surface area contributed by atoms with E-state index in [2.05, 4.69) is 37.4 Å². The highest BCUT2D eigenvalue weighted by Gasteiger charge is 2.00. The zero-order valence-corrected chi connectivity index (χ0v) is 9.09. The third-order valence-electron chi connectivity index (χ3n) is 2.49. The van der Waals surface area contributed by atoms with Crippen molar-refractivity contribution < 1.29 is 0 Å². The predicted molar refractivity (Wildman–Crippen MR) is 63.3 cm³/mol. The van der Waals surface area contributed by atoms with E-state index in [9.17, 15) is 0 Å². The molecule has 1 aromatic carbocycles. The Balaban J connectivity index is 2.94. The van der Waals surface area contributed by atoms with Crippen LogP contribution in [0.4, 0.5) is 5.69 Å². The molecule has 0 saturated carbocycles. The molecule has 0 heterocycles. The maximum atomic E-state index is 5.81. The van der Waals surface area contributed by atoms with Gasteiger partial charge in [0.05, 0.1) is 0 Å². The first-order valence-electron chi connectivity index (χ1n) is 4.83. The minimum Gasteiger partial charge on any atom is -0.399 e. The molecule has 0 aliphatic carbocycles. The molecule has 0 spiro atoms. The van der Waals surface area contributed by atoms with Gasteiger partial charge in [-0.05, 0) is 43.7 Å². The highest BCUT2D eigenvalue weighted by atomic mass is 14.8. The normalized spacial score (nSPS) is 11.1. The van der Waals surface area contributed by atoms with Crippen LogP contribution in [0, 0.1) is 13.8 Å². The minimum atomic E-state index is 0.869. The van der Waals surface area contributed by atoms with Crippen LogP contribution >= 0.6 is 0 Å². The number of benzene rings is 1. The zero-order chi connectivity index (χ0) is 10.6. The zero-order valence-electron chi connectivity index (χ0n) is 9.09. The summed E-state index contributed by atoms with van der Waals surface area (Å²) in [5.41, 5.74) is 10.4. The lowest BCUT2D eigenvalue weighted by Gasteiger charge is -2.07. The van der Waals surface area contributed by atoms with E-state index in [4.69, 9.17) is 5.73 Å². The van der Waals surface area contributed by atoms with Gasteiger partial charge in [-0.2, -0.15) is 0 Å². The average molecular weight is 190 g/mol. The summed E-state index contributed by atoms with van der Waals surface area (Å²) in [4.78, 5) is 0. The maximum Gasteiger partial charge on any atom is 0.0346 e. The third-order valence-corrected chi connectivity index (χ3v) is 2.49. The summed E-state index contributed by atoms with van der Waals surface area (Å²) in [6.45, 7) is 5.05. The number of anilines is 1. The molecule has 0 radical (unpaired) electrons. The van der Waals surface area contributed by atoms with Crippen LogP contribution in [0.5, 0.6) is 0 Å². The lowest BCUT2D eigenvalue weighted by atomic mass is 10.0. The Labute approximate surface area is 85.8 Å². The van der Waals surface area contributed by atoms with Gasteiger partial charge in [-0.1, -0.05) is 18.2 Å². The van der Waals surface area contributed by atoms with Crippen molar-refractivity contribution in [3.05, 3.63) is 34.9 Å². The van der Waals surface area contributed by atoms with Gasteiger partial charge in [-0.25, -0.2) is 0 Å². The second-order valence-electron chi connectivity index (χ2n) is 3.45. The molecule has 0 aliphatic heterocycles. The summed E-state index contributed by atoms with van der Waals surface area (Å²) in [5, 5.41) is 3.07. The fraction of sp³-hybridized carbons (Fsp3) is 0.333. The van der Waals surface area contributed by atoms with E-state index in [0.717, 1.165) is 12.2 Å². The Morgan fingerprint density at radius 3 is 2.64 bits per heavy atom. The van der Waals surface area contributed by atoms with E-state index >= 15 is 0 Å². The maximum absolute atomic E-state index is 5.81. The van der Waals surface area contributed by atoms with E-state index in [1.807, 2.05) is 13.1 Å². The lowest BCUT2D eigenvalue weighted by molar-refractivity contribution is 0.922. The molecule has 76 valence electrons. The molecule has 0 amide bonds. The Morgan fingerprint density at radius 2 is 2.00 bits per heavy atom. The van der Waals surface area contributed by atoms with E-state index in [-0.39, 0.29) is 0 Å². The Kier molecular flexibility index (Phi) is 3.72. The van der Waals surface area contributed by atoms with Gasteiger partial charge in [0.15, 0.2) is 0 Å². The van der Waals surface area contributed by atoms with Gasteiger partial charge in [0.1, 0.15) is 0 Å². The van der Waals surface area contributed by atoms with Crippen molar-refractivity contribution in [1.29, 1.82) is 0 Å². The topological polar surface area (TPSA) is 38.0 Å². The first kappa shape index (κ1) is 10.8. The first-order chi connectivity index (χ1) is 6.66. The number of hydrogen-bond donors (Lipinski definition) is 2. The molecule has 0 fully saturated rings. The van der Waals surface area contributed by atoms with Crippen molar-refractivity contribution in [2.24, 2.45) is 0 Å². The van der Waals surface area contributed by atoms with E-state index < -0.39 is 0 Å². The van der Waals surface area contributed by atoms with Crippen molar-refractivity contribution in [2.75, 3.05) is 19.3 Å². The molecule has 14 heavy (non-hydrogen) atoms. The predicted octanol–water partition coefficient (Wildman–Crippen LogP) is 2.12. The smallest absolute Gasteiger partial charge is 0.0346 e. The molecule has 2 heteroatoms. The lowest BCUT2D eigenvalue weighted by Crippen LogP contribution is -2.03. The van der Waals surface area contributed by atoms with Crippen LogP contribution in [0.25, 0.3) is 6.08 Å². The summed E-state index contributed by atoms with van der Waals surface area (Å²) in [6.07, 6.45) is 4.23. The standard InChI is InChI=1S/C12H18N2/c1-9-10(2)12(13)7-6-11(9)5-4-8-14-3/h4-7,14H,8,13H2,1-3H3. The molecule has 0 aromatic heterocycles. The first-order valence-corrected chi connectivity index (χ1v) is 4.83. The molecular formula is C12H18N2. The van der Waals surface area contributed by atoms with Gasteiger partial charge in [0.2, 0.25) is 0 Å². The number of rotatable bonds is 3. The second-order valence-corrected chi connectivity index (χ2v) is 3.45. The van der Waals surface area contributed by atoms with Gasteiger partial charge < -0.3 is 11.1 Å². The van der Waals surface area contributed by atoms with Gasteiger partial charge in [0, 0.05) is 12.2 Å². The fourth-order valence-corrected chi connectivity index (χ4v) is 1.35. The van der Waals surface area contributed by atoms with Crippen LogP contribution < -0.4 is 11.1 Å². The summed E-state index contributed by atoms with van der Waals surface area (Å²) < 4.78 is 0. The molecule has 3 N–H and O–H groups in total. The van der Waals surface area contributed by atoms with Crippen LogP contribution in [0.1, 0.15) is 16.7 Å². The number of nitrogens with two attached hydrogens (primary N) is 1. The number of likely N-dealkylation sites (N-methyl/N-ethyl adjacent to an activating group) is 1. The Morgan fingerprint density at radius 1 is 1.29 bits per heavy atom. The number of hydrogen-bond acceptors (Lipinski definition) is 2. The largest absolute Gasteiger partial charge is 0.399 e. The van der Waals surface area contributed by atoms with Crippen LogP contribution in [-0.2, 0) is 0 Å². The van der Waals surface area contributed by atoms with Gasteiger partial charge in [0.25, 0.3) is 0 Å². The van der Waals surface area contributed by atoms with Crippen LogP contribution in [0.3, 0.4) is 0 Å². The van der Waals surface area contributed by atoms with Crippen molar-refractivity contribution in [3.8, 4) is 0 Å². The highest BCUT2D eigenvalue weighted by Crippen LogP contribution is 2.20. The van der Waals surface area contributed by atoms with Crippen LogP contribution in [0.2, 0.25) is 0 Å². The summed E-state index contributed by atoms with van der Waals surface area (Å²) in [6, 6.07) is 4.02. The molecule has 0 bridgehead atoms. The molecular weight excluding hydrogens is 172 g/mol. The van der Waals surface area contributed by atoms with Crippen molar-refractivity contribution in [3.63, 3.8) is 0 Å². The summed E-state index contributed by atoms with van der Waals surface area (Å²) >= 11 is 0. The molecule has 0 unspecified atom stereocenters. The number of nitrogens with one attached hydrogen (secondary N) is 1. The van der Waals surface area contributed by atoms with E-state index in [0.29, 0.717) is 0 Å². The molecule has 2 nitrogen and oxygen atoms in total. The minimum absolute atomic E-state index is 0.869. The summed E-state index contributed by atoms with van der Waals surface area (Å²) in [7, 11) is 1.94. The Hall–Kier alpha value is -1.28. The van der Waals surface area contributed by atoms with Gasteiger partial charge in [-0.3, -0.25) is 0 Å². The van der Waals surface area contributed by atoms with Gasteiger partial charge >= 0.3 is 0 Å². The fourth-order valence-electron chi connectivity index (χ4n) is 1.35. The van der Waals surface area contributed by atoms with Crippen molar-refractivity contribution in [2.45, 2.75) is 13.8 Å². The second kappa shape index (κ2) is 4.82. The molecule has 1 aromatic rings. The average Bonchev–Trinajstić information content (AvgIpc) is 2.18. The molecule has 0 saturated heterocycles. The third kappa shape index (κ3) is 2.36. The summed E-state index contributed by atoms with van der Waals surface area (Å²) in [5.74, 6) is 0. The SMILES string of the molecule is CNCC=Cc1ccc(N)c(C)c1C. The van der Waals surface area contributed by atoms with Crippen LogP contribution in [-0.4, -0.2) is 13.6 Å². The van der Waals surface area contributed by atoms with E-state index in [1.165, 1.54) is 16.7 Å². The monoisotopic (exact) mass is 190 g/mol. The molecule has 0 aliphatic rings. The molecule has 0 atom stereocenters. The van der Waals surface area contributed by atoms with Crippen molar-refractivity contribution >= 4 is 11.8 Å². The highest BCUT2D eigenvalue weighted by molar-refractivity contribution is 5.62. The molecule has 1 rings (SSSR count). The number of nitrogen functional groups attached to an aromatic ring is 1. The van der Waals surface area contributed by atoms with Crippen molar-refractivity contribution in [1.82, 2.24) is 5.32 Å². The quantitative estimate of drug-likeness (QED) is 0.716. The van der Waals surface area contributed by atoms with E-state index in [1.54, 1.807) is 0 Å². The van der Waals surface area contributed by atoms with Crippen LogP contribution in [0.15, 0.2) is 18.2 Å². The Bertz CT molecular complexity index is 340. The van der Waals surface area contributed by atoms with Gasteiger partial charge in [-0.15, -0.1) is 0 Å².